The van der Waals surface area contributed by atoms with Crippen LogP contribution in [0.1, 0.15) is 26.5 Å². The second-order valence-corrected chi connectivity index (χ2v) is 7.12. The number of rotatable bonds is 0. The number of piperazine rings is 1. The number of carbonyl (C=O) groups is 1. The Bertz CT molecular complexity index is 670. The van der Waals surface area contributed by atoms with Crippen LogP contribution in [-0.4, -0.2) is 59.0 Å². The molecule has 3 heterocycles. The van der Waals surface area contributed by atoms with Gasteiger partial charge in [0.15, 0.2) is 17.3 Å². The maximum absolute atomic E-state index is 12.9. The van der Waals surface area contributed by atoms with Crippen LogP contribution in [0, 0.1) is 0 Å². The van der Waals surface area contributed by atoms with E-state index in [2.05, 4.69) is 35.6 Å². The van der Waals surface area contributed by atoms with Gasteiger partial charge in [0.2, 0.25) is 0 Å². The first-order valence-corrected chi connectivity index (χ1v) is 7.73. The Morgan fingerprint density at radius 2 is 1.83 bits per heavy atom. The van der Waals surface area contributed by atoms with Crippen molar-refractivity contribution in [2.24, 2.45) is 0 Å². The fraction of sp³-hybridized carbons (Fsp3) is 0.667. The third kappa shape index (κ3) is 2.70. The third-order valence-electron chi connectivity index (χ3n) is 4.56. The Labute approximate surface area is 138 Å². The molecule has 132 valence electrons. The van der Waals surface area contributed by atoms with Crippen LogP contribution in [0.15, 0.2) is 6.20 Å². The zero-order valence-electron chi connectivity index (χ0n) is 14.1. The number of aromatic nitrogens is 2. The molecule has 3 rings (SSSR count). The first kappa shape index (κ1) is 16.9. The van der Waals surface area contributed by atoms with Gasteiger partial charge < -0.3 is 4.90 Å². The zero-order chi connectivity index (χ0) is 17.9. The Balaban J connectivity index is 1.99. The van der Waals surface area contributed by atoms with Gasteiger partial charge in [-0.15, -0.1) is 0 Å². The van der Waals surface area contributed by atoms with Crippen molar-refractivity contribution < 1.29 is 18.0 Å². The quantitative estimate of drug-likeness (QED) is 0.719. The van der Waals surface area contributed by atoms with Crippen molar-refractivity contribution in [3.05, 3.63) is 11.9 Å². The normalized spacial score (nSPS) is 22.5. The molecule has 1 atom stereocenters. The fourth-order valence-electron chi connectivity index (χ4n) is 3.12. The summed E-state index contributed by atoms with van der Waals surface area (Å²) in [6.45, 7) is 7.96. The molecule has 2 aliphatic rings. The highest BCUT2D eigenvalue weighted by atomic mass is 19.4. The highest BCUT2D eigenvalue weighted by Gasteiger charge is 2.45. The van der Waals surface area contributed by atoms with Crippen LogP contribution in [0.2, 0.25) is 0 Å². The van der Waals surface area contributed by atoms with Gasteiger partial charge in [0.1, 0.15) is 6.04 Å². The van der Waals surface area contributed by atoms with E-state index in [1.54, 1.807) is 4.90 Å². The number of anilines is 2. The van der Waals surface area contributed by atoms with Crippen LogP contribution in [0.25, 0.3) is 0 Å². The molecule has 0 N–H and O–H groups in total. The van der Waals surface area contributed by atoms with Crippen molar-refractivity contribution in [1.82, 2.24) is 14.9 Å². The van der Waals surface area contributed by atoms with E-state index in [1.807, 2.05) is 0 Å². The molecule has 9 heteroatoms. The highest BCUT2D eigenvalue weighted by molar-refractivity contribution is 6.03. The highest BCUT2D eigenvalue weighted by Crippen LogP contribution is 2.37. The molecule has 0 bridgehead atoms. The smallest absolute Gasteiger partial charge is 0.339 e. The average molecular weight is 343 g/mol. The molecule has 0 radical (unpaired) electrons. The number of likely N-dealkylation sites (N-methyl/N-ethyl adjacent to an activating group) is 1. The number of hydrogen-bond acceptors (Lipinski definition) is 5. The number of alkyl halides is 3. The van der Waals surface area contributed by atoms with Crippen molar-refractivity contribution in [2.75, 3.05) is 36.5 Å². The number of fused-ring (bicyclic) bond motifs is 3. The summed E-state index contributed by atoms with van der Waals surface area (Å²) in [6, 6.07) is -0.457. The Morgan fingerprint density at radius 1 is 1.17 bits per heavy atom. The molecule has 24 heavy (non-hydrogen) atoms. The lowest BCUT2D eigenvalue weighted by molar-refractivity contribution is -0.141. The minimum Gasteiger partial charge on any atom is -0.339 e. The van der Waals surface area contributed by atoms with Crippen molar-refractivity contribution in [3.8, 4) is 0 Å². The van der Waals surface area contributed by atoms with Crippen molar-refractivity contribution >= 4 is 17.5 Å². The Hall–Kier alpha value is -1.90. The molecule has 0 aliphatic carbocycles. The molecule has 2 aliphatic heterocycles. The van der Waals surface area contributed by atoms with Gasteiger partial charge in [-0.05, 0) is 20.8 Å². The fourth-order valence-corrected chi connectivity index (χ4v) is 3.12. The van der Waals surface area contributed by atoms with Crippen LogP contribution in [0.4, 0.5) is 24.8 Å². The standard InChI is InChI=1S/C15H20F3N5O/c1-14(2,3)22-5-6-23-9(8-22)13(24)21(4)12-11(23)19-7-10(20-12)15(16,17)18/h7,9H,5-6,8H2,1-4H3/t9-/m1/s1. The van der Waals surface area contributed by atoms with E-state index in [0.717, 1.165) is 6.20 Å². The van der Waals surface area contributed by atoms with Crippen LogP contribution in [0.3, 0.4) is 0 Å². The first-order valence-electron chi connectivity index (χ1n) is 7.73. The van der Waals surface area contributed by atoms with E-state index in [-0.39, 0.29) is 17.3 Å². The Morgan fingerprint density at radius 3 is 2.42 bits per heavy atom. The predicted molar refractivity (Wildman–Crippen MR) is 82.9 cm³/mol. The van der Waals surface area contributed by atoms with Gasteiger partial charge in [0.25, 0.3) is 5.91 Å². The van der Waals surface area contributed by atoms with Crippen molar-refractivity contribution in [3.63, 3.8) is 0 Å². The Kier molecular flexibility index (Phi) is 3.74. The molecule has 1 aromatic heterocycles. The van der Waals surface area contributed by atoms with E-state index in [4.69, 9.17) is 0 Å². The van der Waals surface area contributed by atoms with Gasteiger partial charge in [0.05, 0.1) is 6.20 Å². The molecule has 0 aromatic carbocycles. The van der Waals surface area contributed by atoms with Gasteiger partial charge in [-0.2, -0.15) is 13.2 Å². The SMILES string of the molecule is CN1C(=O)[C@H]2CN(C(C)(C)C)CCN2c2ncc(C(F)(F)F)nc21. The molecular weight excluding hydrogens is 323 g/mol. The van der Waals surface area contributed by atoms with Gasteiger partial charge >= 0.3 is 6.18 Å². The zero-order valence-corrected chi connectivity index (χ0v) is 14.1. The molecular formula is C15H20F3N5O. The van der Waals surface area contributed by atoms with Gasteiger partial charge in [0, 0.05) is 32.2 Å². The minimum atomic E-state index is -4.59. The molecule has 6 nitrogen and oxygen atoms in total. The van der Waals surface area contributed by atoms with Gasteiger partial charge in [-0.1, -0.05) is 0 Å². The topological polar surface area (TPSA) is 52.6 Å². The summed E-state index contributed by atoms with van der Waals surface area (Å²) in [6.07, 6.45) is -3.86. The second kappa shape index (κ2) is 5.30. The van der Waals surface area contributed by atoms with E-state index >= 15 is 0 Å². The van der Waals surface area contributed by atoms with Gasteiger partial charge in [-0.25, -0.2) is 9.97 Å². The molecule has 1 amide bonds. The number of hydrogen-bond donors (Lipinski definition) is 0. The van der Waals surface area contributed by atoms with Gasteiger partial charge in [-0.3, -0.25) is 14.6 Å². The summed E-state index contributed by atoms with van der Waals surface area (Å²) in [4.78, 5) is 25.4. The average Bonchev–Trinajstić information content (AvgIpc) is 2.49. The van der Waals surface area contributed by atoms with Crippen LogP contribution < -0.4 is 9.80 Å². The first-order chi connectivity index (χ1) is 11.0. The molecule has 1 aromatic rings. The largest absolute Gasteiger partial charge is 0.434 e. The third-order valence-corrected chi connectivity index (χ3v) is 4.56. The molecule has 1 fully saturated rings. The minimum absolute atomic E-state index is 0.0321. The van der Waals surface area contributed by atoms with E-state index < -0.39 is 17.9 Å². The predicted octanol–water partition coefficient (Wildman–Crippen LogP) is 1.76. The maximum Gasteiger partial charge on any atom is 0.434 e. The molecule has 0 unspecified atom stereocenters. The lowest BCUT2D eigenvalue weighted by atomic mass is 10.00. The van der Waals surface area contributed by atoms with Crippen LogP contribution in [0.5, 0.6) is 0 Å². The van der Waals surface area contributed by atoms with Crippen molar-refractivity contribution in [2.45, 2.75) is 38.5 Å². The second-order valence-electron chi connectivity index (χ2n) is 7.12. The van der Waals surface area contributed by atoms with E-state index in [1.165, 1.54) is 11.9 Å². The summed E-state index contributed by atoms with van der Waals surface area (Å²) in [5.74, 6) is 0.0454. The van der Waals surface area contributed by atoms with Crippen LogP contribution in [-0.2, 0) is 11.0 Å². The molecule has 1 saturated heterocycles. The molecule has 0 saturated carbocycles. The number of amides is 1. The van der Waals surface area contributed by atoms with Crippen LogP contribution >= 0.6 is 0 Å². The monoisotopic (exact) mass is 343 g/mol. The summed E-state index contributed by atoms with van der Waals surface area (Å²) >= 11 is 0. The van der Waals surface area contributed by atoms with Crippen molar-refractivity contribution in [1.29, 1.82) is 0 Å². The lowest BCUT2D eigenvalue weighted by Gasteiger charge is -2.49. The summed E-state index contributed by atoms with van der Waals surface area (Å²) < 4.78 is 38.6. The maximum atomic E-state index is 12.9. The number of carbonyl (C=O) groups excluding carboxylic acids is 1. The van der Waals surface area contributed by atoms with E-state index in [9.17, 15) is 18.0 Å². The summed E-state index contributed by atoms with van der Waals surface area (Å²) in [7, 11) is 1.45. The number of halogens is 3. The lowest BCUT2D eigenvalue weighted by Crippen LogP contribution is -2.65. The number of nitrogens with zero attached hydrogens (tertiary/aromatic N) is 5. The van der Waals surface area contributed by atoms with E-state index in [0.29, 0.717) is 25.5 Å². The molecule has 0 spiro atoms. The summed E-state index contributed by atoms with van der Waals surface area (Å²) in [5.41, 5.74) is -1.18. The summed E-state index contributed by atoms with van der Waals surface area (Å²) in [5, 5.41) is 0.